The van der Waals surface area contributed by atoms with Crippen molar-refractivity contribution in [3.63, 3.8) is 0 Å². The molecule has 3 nitrogen and oxygen atoms in total. The minimum atomic E-state index is -0.0972. The van der Waals surface area contributed by atoms with Crippen LogP contribution in [0.15, 0.2) is 0 Å². The molecule has 2 fully saturated rings. The van der Waals surface area contributed by atoms with Gasteiger partial charge in [0.15, 0.2) is 0 Å². The summed E-state index contributed by atoms with van der Waals surface area (Å²) in [7, 11) is 2.20. The van der Waals surface area contributed by atoms with Gasteiger partial charge in [0, 0.05) is 6.04 Å². The summed E-state index contributed by atoms with van der Waals surface area (Å²) in [4.78, 5) is 2.41. The summed E-state index contributed by atoms with van der Waals surface area (Å²) < 4.78 is 0. The number of hydrogen-bond acceptors (Lipinski definition) is 3. The van der Waals surface area contributed by atoms with E-state index in [0.717, 1.165) is 25.3 Å². The average molecular weight is 226 g/mol. The number of rotatable bonds is 3. The van der Waals surface area contributed by atoms with Crippen molar-refractivity contribution in [1.82, 2.24) is 10.2 Å². The molecule has 94 valence electrons. The van der Waals surface area contributed by atoms with Gasteiger partial charge >= 0.3 is 0 Å². The molecule has 2 N–H and O–H groups in total. The molecule has 16 heavy (non-hydrogen) atoms. The highest BCUT2D eigenvalue weighted by Gasteiger charge is 2.24. The van der Waals surface area contributed by atoms with Crippen LogP contribution in [-0.4, -0.2) is 48.8 Å². The van der Waals surface area contributed by atoms with Gasteiger partial charge in [-0.05, 0) is 58.3 Å². The van der Waals surface area contributed by atoms with Crippen molar-refractivity contribution in [2.75, 3.05) is 26.7 Å². The van der Waals surface area contributed by atoms with Gasteiger partial charge in [0.05, 0.1) is 6.10 Å². The van der Waals surface area contributed by atoms with E-state index < -0.39 is 0 Å². The lowest BCUT2D eigenvalue weighted by atomic mass is 9.91. The zero-order valence-corrected chi connectivity index (χ0v) is 10.5. The molecule has 3 heteroatoms. The van der Waals surface area contributed by atoms with E-state index in [4.69, 9.17) is 0 Å². The summed E-state index contributed by atoms with van der Waals surface area (Å²) in [6, 6.07) is 0.369. The van der Waals surface area contributed by atoms with Crippen LogP contribution in [0.5, 0.6) is 0 Å². The second-order valence-corrected chi connectivity index (χ2v) is 5.61. The lowest BCUT2D eigenvalue weighted by Gasteiger charge is -2.33. The number of nitrogens with one attached hydrogen (secondary N) is 1. The Labute approximate surface area is 99.2 Å². The molecule has 0 aromatic carbocycles. The molecule has 2 atom stereocenters. The number of aliphatic hydroxyl groups is 1. The Balaban J connectivity index is 1.66. The second kappa shape index (κ2) is 5.99. The van der Waals surface area contributed by atoms with Crippen LogP contribution in [0.1, 0.15) is 38.5 Å². The summed E-state index contributed by atoms with van der Waals surface area (Å²) in [5, 5.41) is 13.5. The first-order chi connectivity index (χ1) is 7.75. The van der Waals surface area contributed by atoms with Gasteiger partial charge in [-0.1, -0.05) is 12.8 Å². The first-order valence-corrected chi connectivity index (χ1v) is 6.85. The van der Waals surface area contributed by atoms with E-state index in [9.17, 15) is 5.11 Å². The lowest BCUT2D eigenvalue weighted by molar-refractivity contribution is 0.0861. The average Bonchev–Trinajstić information content (AvgIpc) is 2.30. The molecule has 0 spiro atoms. The normalized spacial score (nSPS) is 34.1. The van der Waals surface area contributed by atoms with E-state index in [1.165, 1.54) is 38.8 Å². The molecule has 0 aromatic rings. The van der Waals surface area contributed by atoms with Crippen LogP contribution in [0.2, 0.25) is 0 Å². The molecule has 1 heterocycles. The predicted molar refractivity (Wildman–Crippen MR) is 66.5 cm³/mol. The Morgan fingerprint density at radius 3 is 2.50 bits per heavy atom. The quantitative estimate of drug-likeness (QED) is 0.759. The molecular formula is C13H26N2O. The largest absolute Gasteiger partial charge is 0.392 e. The summed E-state index contributed by atoms with van der Waals surface area (Å²) in [5.41, 5.74) is 0. The maximum absolute atomic E-state index is 9.87. The second-order valence-electron chi connectivity index (χ2n) is 5.61. The molecule has 0 aromatic heterocycles. The summed E-state index contributed by atoms with van der Waals surface area (Å²) in [5.74, 6) is 0.824. The first-order valence-electron chi connectivity index (χ1n) is 6.85. The standard InChI is InChI=1S/C13H26N2O/c1-15-8-6-11(7-9-15)10-14-12-4-2-3-5-13(12)16/h11-14,16H,2-10H2,1H3. The number of piperidine rings is 1. The summed E-state index contributed by atoms with van der Waals surface area (Å²) >= 11 is 0. The van der Waals surface area contributed by atoms with Crippen LogP contribution in [0.4, 0.5) is 0 Å². The number of nitrogens with zero attached hydrogens (tertiary/aromatic N) is 1. The molecule has 1 aliphatic heterocycles. The zero-order chi connectivity index (χ0) is 11.4. The van der Waals surface area contributed by atoms with Crippen molar-refractivity contribution in [3.05, 3.63) is 0 Å². The molecule has 1 aliphatic carbocycles. The Morgan fingerprint density at radius 1 is 1.12 bits per heavy atom. The van der Waals surface area contributed by atoms with Crippen LogP contribution in [-0.2, 0) is 0 Å². The summed E-state index contributed by atoms with van der Waals surface area (Å²) in [6.07, 6.45) is 7.16. The third-order valence-electron chi connectivity index (χ3n) is 4.24. The highest BCUT2D eigenvalue weighted by atomic mass is 16.3. The van der Waals surface area contributed by atoms with Gasteiger partial charge in [0.2, 0.25) is 0 Å². The maximum atomic E-state index is 9.87. The SMILES string of the molecule is CN1CCC(CNC2CCCCC2O)CC1. The van der Waals surface area contributed by atoms with Crippen molar-refractivity contribution >= 4 is 0 Å². The molecule has 0 amide bonds. The molecule has 1 saturated heterocycles. The fourth-order valence-electron chi connectivity index (χ4n) is 2.93. The Kier molecular flexibility index (Phi) is 4.62. The van der Waals surface area contributed by atoms with E-state index in [1.54, 1.807) is 0 Å². The van der Waals surface area contributed by atoms with Crippen molar-refractivity contribution in [3.8, 4) is 0 Å². The van der Waals surface area contributed by atoms with Crippen molar-refractivity contribution in [2.24, 2.45) is 5.92 Å². The number of hydrogen-bond donors (Lipinski definition) is 2. The molecule has 2 aliphatic rings. The van der Waals surface area contributed by atoms with Crippen molar-refractivity contribution in [1.29, 1.82) is 0 Å². The number of aliphatic hydroxyl groups excluding tert-OH is 1. The van der Waals surface area contributed by atoms with Gasteiger partial charge in [-0.25, -0.2) is 0 Å². The summed E-state index contributed by atoms with van der Waals surface area (Å²) in [6.45, 7) is 3.58. The Bertz CT molecular complexity index is 202. The van der Waals surface area contributed by atoms with Crippen molar-refractivity contribution in [2.45, 2.75) is 50.7 Å². The number of likely N-dealkylation sites (tertiary alicyclic amines) is 1. The molecule has 1 saturated carbocycles. The van der Waals surface area contributed by atoms with E-state index in [-0.39, 0.29) is 6.10 Å². The molecule has 0 radical (unpaired) electrons. The van der Waals surface area contributed by atoms with E-state index >= 15 is 0 Å². The topological polar surface area (TPSA) is 35.5 Å². The maximum Gasteiger partial charge on any atom is 0.0693 e. The Hall–Kier alpha value is -0.120. The third kappa shape index (κ3) is 3.44. The monoisotopic (exact) mass is 226 g/mol. The fourth-order valence-corrected chi connectivity index (χ4v) is 2.93. The van der Waals surface area contributed by atoms with Gasteiger partial charge in [-0.15, -0.1) is 0 Å². The van der Waals surface area contributed by atoms with Crippen molar-refractivity contribution < 1.29 is 5.11 Å². The fraction of sp³-hybridized carbons (Fsp3) is 1.00. The van der Waals surface area contributed by atoms with Gasteiger partial charge in [0.25, 0.3) is 0 Å². The minimum absolute atomic E-state index is 0.0972. The van der Waals surface area contributed by atoms with Gasteiger partial charge in [-0.2, -0.15) is 0 Å². The van der Waals surface area contributed by atoms with Gasteiger partial charge < -0.3 is 15.3 Å². The van der Waals surface area contributed by atoms with Crippen LogP contribution in [0.3, 0.4) is 0 Å². The first kappa shape index (κ1) is 12.3. The molecular weight excluding hydrogens is 200 g/mol. The van der Waals surface area contributed by atoms with Gasteiger partial charge in [0.1, 0.15) is 0 Å². The van der Waals surface area contributed by atoms with Crippen LogP contribution in [0, 0.1) is 5.92 Å². The smallest absolute Gasteiger partial charge is 0.0693 e. The highest BCUT2D eigenvalue weighted by Crippen LogP contribution is 2.20. The molecule has 2 rings (SSSR count). The van der Waals surface area contributed by atoms with Crippen LogP contribution in [0.25, 0.3) is 0 Å². The van der Waals surface area contributed by atoms with Crippen LogP contribution < -0.4 is 5.32 Å². The predicted octanol–water partition coefficient (Wildman–Crippen LogP) is 1.22. The Morgan fingerprint density at radius 2 is 1.81 bits per heavy atom. The van der Waals surface area contributed by atoms with E-state index in [1.807, 2.05) is 0 Å². The highest BCUT2D eigenvalue weighted by molar-refractivity contribution is 4.82. The lowest BCUT2D eigenvalue weighted by Crippen LogP contribution is -2.45. The zero-order valence-electron chi connectivity index (χ0n) is 10.5. The van der Waals surface area contributed by atoms with Gasteiger partial charge in [-0.3, -0.25) is 0 Å². The van der Waals surface area contributed by atoms with Crippen LogP contribution >= 0.6 is 0 Å². The third-order valence-corrected chi connectivity index (χ3v) is 4.24. The van der Waals surface area contributed by atoms with E-state index in [2.05, 4.69) is 17.3 Å². The molecule has 0 bridgehead atoms. The van der Waals surface area contributed by atoms with E-state index in [0.29, 0.717) is 6.04 Å². The molecule has 2 unspecified atom stereocenters. The minimum Gasteiger partial charge on any atom is -0.392 e.